The van der Waals surface area contributed by atoms with E-state index in [0.29, 0.717) is 47.3 Å². The molecule has 1 aliphatic rings. The normalized spacial score (nSPS) is 15.4. The fraction of sp³-hybridized carbons (Fsp3) is 0.297. The smallest absolute Gasteiger partial charge is 0.350 e. The van der Waals surface area contributed by atoms with Crippen LogP contribution in [-0.4, -0.2) is 48.6 Å². The summed E-state index contributed by atoms with van der Waals surface area (Å²) in [4.78, 5) is 45.8. The van der Waals surface area contributed by atoms with Crippen LogP contribution in [0.15, 0.2) is 72.3 Å². The molecule has 1 fully saturated rings. The number of hydrogen-bond donors (Lipinski definition) is 1. The first kappa shape index (κ1) is 34.2. The molecule has 3 aromatic carbocycles. The maximum Gasteiger partial charge on any atom is 0.350 e. The van der Waals surface area contributed by atoms with Crippen LogP contribution in [0.2, 0.25) is 0 Å². The van der Waals surface area contributed by atoms with Crippen molar-refractivity contribution in [2.75, 3.05) is 25.7 Å². The molecule has 2 heterocycles. The van der Waals surface area contributed by atoms with Crippen LogP contribution in [-0.2, 0) is 20.9 Å². The van der Waals surface area contributed by atoms with Crippen molar-refractivity contribution in [3.63, 3.8) is 0 Å². The molecule has 0 aliphatic carbocycles. The van der Waals surface area contributed by atoms with Crippen molar-refractivity contribution in [2.24, 2.45) is 0 Å². The minimum Gasteiger partial charge on any atom is -0.507 e. The van der Waals surface area contributed by atoms with E-state index in [1.165, 1.54) is 19.1 Å². The van der Waals surface area contributed by atoms with Gasteiger partial charge in [-0.15, -0.1) is 0 Å². The number of hydrogen-bond acceptors (Lipinski definition) is 10. The van der Waals surface area contributed by atoms with E-state index in [0.717, 1.165) is 41.7 Å². The number of carbonyl (C=O) groups is 3. The van der Waals surface area contributed by atoms with Crippen LogP contribution in [0.5, 0.6) is 17.2 Å². The van der Waals surface area contributed by atoms with Crippen LogP contribution in [0.1, 0.15) is 69.8 Å². The highest BCUT2D eigenvalue weighted by atomic mass is 32.1. The van der Waals surface area contributed by atoms with E-state index in [9.17, 15) is 19.5 Å². The van der Waals surface area contributed by atoms with E-state index >= 15 is 0 Å². The van der Waals surface area contributed by atoms with E-state index in [1.807, 2.05) is 31.2 Å². The van der Waals surface area contributed by atoms with Gasteiger partial charge in [-0.2, -0.15) is 0 Å². The standard InChI is InChI=1S/C37H38N2O8S/c1-6-7-8-18-46-28-17-14-26(20-29(28)44-4)31-30(33(41)35(42)39(31)37-38-23(3)34(48-37)36(43)45-5)32(40)25-12-15-27(16-13-25)47-21-24-11-9-10-22(2)19-24/h9-17,19-20,31,40H,6-8,18,21H2,1-5H3. The highest BCUT2D eigenvalue weighted by molar-refractivity contribution is 7.17. The molecule has 11 heteroatoms. The second kappa shape index (κ2) is 15.2. The Morgan fingerprint density at radius 1 is 0.958 bits per heavy atom. The molecule has 0 radical (unpaired) electrons. The van der Waals surface area contributed by atoms with Crippen molar-refractivity contribution >= 4 is 39.9 Å². The zero-order valence-electron chi connectivity index (χ0n) is 27.6. The maximum absolute atomic E-state index is 13.7. The lowest BCUT2D eigenvalue weighted by Gasteiger charge is -2.24. The first-order valence-corrected chi connectivity index (χ1v) is 16.4. The van der Waals surface area contributed by atoms with Gasteiger partial charge in [0.15, 0.2) is 16.6 Å². The number of benzene rings is 3. The molecule has 1 aliphatic heterocycles. The fourth-order valence-electron chi connectivity index (χ4n) is 5.45. The summed E-state index contributed by atoms with van der Waals surface area (Å²) in [6, 6.07) is 18.6. The zero-order valence-corrected chi connectivity index (χ0v) is 28.4. The number of carbonyl (C=O) groups excluding carboxylic acids is 3. The van der Waals surface area contributed by atoms with E-state index in [4.69, 9.17) is 18.9 Å². The van der Waals surface area contributed by atoms with Gasteiger partial charge in [-0.05, 0) is 67.8 Å². The molecule has 1 unspecified atom stereocenters. The highest BCUT2D eigenvalue weighted by Gasteiger charge is 2.48. The molecule has 1 amide bonds. The minimum atomic E-state index is -1.10. The summed E-state index contributed by atoms with van der Waals surface area (Å²) >= 11 is 0.929. The first-order valence-electron chi connectivity index (χ1n) is 15.6. The number of aliphatic hydroxyl groups is 1. The van der Waals surface area contributed by atoms with Gasteiger partial charge in [-0.1, -0.05) is 67.0 Å². The molecule has 4 aromatic rings. The van der Waals surface area contributed by atoms with Crippen molar-refractivity contribution in [3.8, 4) is 17.2 Å². The quantitative estimate of drug-likeness (QED) is 0.0512. The van der Waals surface area contributed by atoms with Crippen LogP contribution in [0.25, 0.3) is 5.76 Å². The Morgan fingerprint density at radius 3 is 2.42 bits per heavy atom. The number of aryl methyl sites for hydroxylation is 2. The van der Waals surface area contributed by atoms with Gasteiger partial charge < -0.3 is 24.1 Å². The predicted molar refractivity (Wildman–Crippen MR) is 183 cm³/mol. The molecular formula is C37H38N2O8S. The number of esters is 1. The largest absolute Gasteiger partial charge is 0.507 e. The Bertz CT molecular complexity index is 1850. The lowest BCUT2D eigenvalue weighted by atomic mass is 9.95. The molecule has 10 nitrogen and oxygen atoms in total. The zero-order chi connectivity index (χ0) is 34.4. The van der Waals surface area contributed by atoms with E-state index in [2.05, 4.69) is 11.9 Å². The van der Waals surface area contributed by atoms with E-state index in [-0.39, 0.29) is 21.3 Å². The second-order valence-electron chi connectivity index (χ2n) is 11.3. The number of nitrogens with zero attached hydrogens (tertiary/aromatic N) is 2. The SMILES string of the molecule is CCCCCOc1ccc(C2C(=C(O)c3ccc(OCc4cccc(C)c4)cc3)C(=O)C(=O)N2c2nc(C)c(C(=O)OC)s2)cc1OC. The summed E-state index contributed by atoms with van der Waals surface area (Å²) < 4.78 is 22.4. The molecule has 1 N–H and O–H groups in total. The molecule has 0 saturated carbocycles. The van der Waals surface area contributed by atoms with E-state index in [1.54, 1.807) is 49.4 Å². The van der Waals surface area contributed by atoms with Crippen molar-refractivity contribution in [3.05, 3.63) is 105 Å². The van der Waals surface area contributed by atoms with Crippen molar-refractivity contribution in [1.82, 2.24) is 4.98 Å². The van der Waals surface area contributed by atoms with Gasteiger partial charge in [-0.25, -0.2) is 9.78 Å². The number of methoxy groups -OCH3 is 2. The summed E-state index contributed by atoms with van der Waals surface area (Å²) in [5, 5.41) is 11.8. The Hall–Kier alpha value is -5.16. The minimum absolute atomic E-state index is 0.109. The Morgan fingerprint density at radius 2 is 1.73 bits per heavy atom. The third kappa shape index (κ3) is 7.21. The van der Waals surface area contributed by atoms with Crippen molar-refractivity contribution in [1.29, 1.82) is 0 Å². The number of unbranched alkanes of at least 4 members (excludes halogenated alkanes) is 2. The number of ether oxygens (including phenoxy) is 4. The van der Waals surface area contributed by atoms with Gasteiger partial charge in [0.1, 0.15) is 23.0 Å². The second-order valence-corrected chi connectivity index (χ2v) is 12.3. The number of rotatable bonds is 13. The number of anilines is 1. The molecular weight excluding hydrogens is 632 g/mol. The third-order valence-electron chi connectivity index (χ3n) is 7.93. The average molecular weight is 671 g/mol. The molecule has 0 bridgehead atoms. The molecule has 1 aromatic heterocycles. The first-order chi connectivity index (χ1) is 23.2. The summed E-state index contributed by atoms with van der Waals surface area (Å²) in [6.07, 6.45) is 2.95. The summed E-state index contributed by atoms with van der Waals surface area (Å²) in [7, 11) is 2.76. The molecule has 1 atom stereocenters. The number of thiazole rings is 1. The summed E-state index contributed by atoms with van der Waals surface area (Å²) in [6.45, 7) is 6.60. The van der Waals surface area contributed by atoms with E-state index < -0.39 is 23.7 Å². The Kier molecular flexibility index (Phi) is 10.8. The van der Waals surface area contributed by atoms with Gasteiger partial charge >= 0.3 is 11.9 Å². The fourth-order valence-corrected chi connectivity index (χ4v) is 6.47. The van der Waals surface area contributed by atoms with Crippen LogP contribution < -0.4 is 19.1 Å². The van der Waals surface area contributed by atoms with Crippen LogP contribution in [0.4, 0.5) is 5.13 Å². The Balaban J connectivity index is 1.55. The van der Waals surface area contributed by atoms with Gasteiger partial charge in [0.05, 0.1) is 38.1 Å². The molecule has 48 heavy (non-hydrogen) atoms. The summed E-state index contributed by atoms with van der Waals surface area (Å²) in [5.74, 6) is -1.30. The van der Waals surface area contributed by atoms with Gasteiger partial charge in [-0.3, -0.25) is 14.5 Å². The van der Waals surface area contributed by atoms with Crippen LogP contribution in [0, 0.1) is 13.8 Å². The van der Waals surface area contributed by atoms with Crippen LogP contribution in [0.3, 0.4) is 0 Å². The number of aromatic nitrogens is 1. The van der Waals surface area contributed by atoms with Gasteiger partial charge in [0.25, 0.3) is 5.78 Å². The predicted octanol–water partition coefficient (Wildman–Crippen LogP) is 7.33. The number of ketones is 1. The number of aliphatic hydroxyl groups excluding tert-OH is 1. The lowest BCUT2D eigenvalue weighted by molar-refractivity contribution is -0.132. The molecule has 0 spiro atoms. The maximum atomic E-state index is 13.7. The van der Waals surface area contributed by atoms with Crippen LogP contribution >= 0.6 is 11.3 Å². The molecule has 1 saturated heterocycles. The van der Waals surface area contributed by atoms with Crippen molar-refractivity contribution in [2.45, 2.75) is 52.7 Å². The Labute approximate surface area is 283 Å². The van der Waals surface area contributed by atoms with Gasteiger partial charge in [0.2, 0.25) is 0 Å². The van der Waals surface area contributed by atoms with Crippen molar-refractivity contribution < 1.29 is 38.4 Å². The monoisotopic (exact) mass is 670 g/mol. The lowest BCUT2D eigenvalue weighted by Crippen LogP contribution is -2.29. The topological polar surface area (TPSA) is 124 Å². The third-order valence-corrected chi connectivity index (χ3v) is 9.07. The highest BCUT2D eigenvalue weighted by Crippen LogP contribution is 2.45. The molecule has 250 valence electrons. The summed E-state index contributed by atoms with van der Waals surface area (Å²) in [5.41, 5.74) is 3.14. The average Bonchev–Trinajstić information content (AvgIpc) is 3.61. The van der Waals surface area contributed by atoms with Gasteiger partial charge in [0, 0.05) is 5.56 Å². The number of Topliss-reactive ketones (excluding diaryl/α,β-unsaturated/α-hetero) is 1. The number of amides is 1. The molecule has 5 rings (SSSR count).